The molecule has 0 aromatic carbocycles. The van der Waals surface area contributed by atoms with Crippen molar-refractivity contribution in [1.29, 1.82) is 0 Å². The third kappa shape index (κ3) is 4.70. The highest BCUT2D eigenvalue weighted by atomic mass is 32.2. The topological polar surface area (TPSA) is 26.0 Å². The molecule has 1 aliphatic carbocycles. The molecule has 1 fully saturated rings. The first kappa shape index (κ1) is 12.4. The molecular formula is C12H25NS. The molecule has 0 aromatic heterocycles. The van der Waals surface area contributed by atoms with Gasteiger partial charge in [0, 0.05) is 11.8 Å². The molecular weight excluding hydrogens is 190 g/mol. The fraction of sp³-hybridized carbons (Fsp3) is 1.00. The largest absolute Gasteiger partial charge is 0.327 e. The van der Waals surface area contributed by atoms with E-state index in [2.05, 4.69) is 13.8 Å². The molecule has 0 aromatic rings. The van der Waals surface area contributed by atoms with Gasteiger partial charge in [0.25, 0.3) is 0 Å². The summed E-state index contributed by atoms with van der Waals surface area (Å²) in [6.07, 6.45) is 7.01. The highest BCUT2D eigenvalue weighted by molar-refractivity contribution is 7.99. The van der Waals surface area contributed by atoms with Gasteiger partial charge < -0.3 is 5.73 Å². The summed E-state index contributed by atoms with van der Waals surface area (Å²) in [5.41, 5.74) is 6.21. The summed E-state index contributed by atoms with van der Waals surface area (Å²) in [6, 6.07) is 0.457. The molecule has 84 valence electrons. The van der Waals surface area contributed by atoms with E-state index in [1.807, 2.05) is 11.8 Å². The molecule has 1 unspecified atom stereocenters. The van der Waals surface area contributed by atoms with Crippen LogP contribution >= 0.6 is 11.8 Å². The van der Waals surface area contributed by atoms with Crippen LogP contribution in [0.5, 0.6) is 0 Å². The molecule has 14 heavy (non-hydrogen) atoms. The van der Waals surface area contributed by atoms with Crippen LogP contribution in [0.2, 0.25) is 0 Å². The molecule has 2 heteroatoms. The van der Waals surface area contributed by atoms with Gasteiger partial charge in [-0.2, -0.15) is 11.8 Å². The molecule has 0 radical (unpaired) electrons. The Bertz CT molecular complexity index is 141. The average Bonchev–Trinajstić information content (AvgIpc) is 2.18. The van der Waals surface area contributed by atoms with Crippen molar-refractivity contribution in [2.24, 2.45) is 17.6 Å². The lowest BCUT2D eigenvalue weighted by molar-refractivity contribution is 0.319. The van der Waals surface area contributed by atoms with Crippen molar-refractivity contribution in [2.75, 3.05) is 11.5 Å². The van der Waals surface area contributed by atoms with Crippen LogP contribution in [0.1, 0.15) is 46.0 Å². The van der Waals surface area contributed by atoms with Crippen LogP contribution in [0, 0.1) is 11.8 Å². The Morgan fingerprint density at radius 2 is 1.79 bits per heavy atom. The minimum atomic E-state index is 0.457. The number of hydrogen-bond donors (Lipinski definition) is 1. The molecule has 0 amide bonds. The molecule has 0 bridgehead atoms. The zero-order valence-corrected chi connectivity index (χ0v) is 10.5. The Labute approximate surface area is 93.2 Å². The number of thioether (sulfide) groups is 1. The summed E-state index contributed by atoms with van der Waals surface area (Å²) in [5, 5.41) is 0. The van der Waals surface area contributed by atoms with Crippen LogP contribution in [0.25, 0.3) is 0 Å². The summed E-state index contributed by atoms with van der Waals surface area (Å²) in [4.78, 5) is 0. The van der Waals surface area contributed by atoms with Gasteiger partial charge in [-0.15, -0.1) is 0 Å². The molecule has 1 saturated carbocycles. The predicted octanol–water partition coefficient (Wildman–Crippen LogP) is 3.28. The Kier molecular flexibility index (Phi) is 5.95. The minimum Gasteiger partial charge on any atom is -0.327 e. The van der Waals surface area contributed by atoms with E-state index in [4.69, 9.17) is 5.73 Å². The number of nitrogens with two attached hydrogens (primary N) is 1. The maximum atomic E-state index is 6.21. The minimum absolute atomic E-state index is 0.457. The predicted molar refractivity (Wildman–Crippen MR) is 66.7 cm³/mol. The van der Waals surface area contributed by atoms with Crippen molar-refractivity contribution in [2.45, 2.75) is 52.0 Å². The summed E-state index contributed by atoms with van der Waals surface area (Å²) < 4.78 is 0. The molecule has 0 aliphatic heterocycles. The number of rotatable bonds is 5. The molecule has 0 spiro atoms. The Morgan fingerprint density at radius 1 is 1.14 bits per heavy atom. The second kappa shape index (κ2) is 6.73. The van der Waals surface area contributed by atoms with Crippen molar-refractivity contribution < 1.29 is 0 Å². The van der Waals surface area contributed by atoms with Crippen molar-refractivity contribution in [3.63, 3.8) is 0 Å². The van der Waals surface area contributed by atoms with Crippen LogP contribution in [-0.2, 0) is 0 Å². The van der Waals surface area contributed by atoms with E-state index in [1.54, 1.807) is 0 Å². The monoisotopic (exact) mass is 215 g/mol. The van der Waals surface area contributed by atoms with E-state index < -0.39 is 0 Å². The van der Waals surface area contributed by atoms with E-state index in [0.29, 0.717) is 6.04 Å². The van der Waals surface area contributed by atoms with Crippen molar-refractivity contribution in [1.82, 2.24) is 0 Å². The molecule has 1 atom stereocenters. The van der Waals surface area contributed by atoms with Crippen LogP contribution in [-0.4, -0.2) is 17.5 Å². The van der Waals surface area contributed by atoms with Crippen molar-refractivity contribution >= 4 is 11.8 Å². The standard InChI is InChI=1S/C12H25NS/c1-10(2)8-14-9-12(13)11-6-4-3-5-7-11/h10-12H,3-9,13H2,1-2H3. The van der Waals surface area contributed by atoms with Crippen molar-refractivity contribution in [3.8, 4) is 0 Å². The summed E-state index contributed by atoms with van der Waals surface area (Å²) in [5.74, 6) is 4.06. The Hall–Kier alpha value is 0.310. The maximum Gasteiger partial charge on any atom is 0.0158 e. The fourth-order valence-corrected chi connectivity index (χ4v) is 3.29. The third-order valence-corrected chi connectivity index (χ3v) is 4.54. The zero-order chi connectivity index (χ0) is 10.4. The van der Waals surface area contributed by atoms with Gasteiger partial charge in [0.2, 0.25) is 0 Å². The highest BCUT2D eigenvalue weighted by Crippen LogP contribution is 2.27. The van der Waals surface area contributed by atoms with Crippen LogP contribution < -0.4 is 5.73 Å². The maximum absolute atomic E-state index is 6.21. The first-order valence-electron chi connectivity index (χ1n) is 6.03. The molecule has 0 heterocycles. The summed E-state index contributed by atoms with van der Waals surface area (Å²) in [7, 11) is 0. The quantitative estimate of drug-likeness (QED) is 0.761. The van der Waals surface area contributed by atoms with Gasteiger partial charge in [0.1, 0.15) is 0 Å². The molecule has 2 N–H and O–H groups in total. The second-order valence-corrected chi connectivity index (χ2v) is 6.07. The number of hydrogen-bond acceptors (Lipinski definition) is 2. The van der Waals surface area contributed by atoms with Gasteiger partial charge in [-0.25, -0.2) is 0 Å². The van der Waals surface area contributed by atoms with Gasteiger partial charge in [0.05, 0.1) is 0 Å². The van der Waals surface area contributed by atoms with Crippen LogP contribution in [0.3, 0.4) is 0 Å². The fourth-order valence-electron chi connectivity index (χ4n) is 2.14. The van der Waals surface area contributed by atoms with Crippen molar-refractivity contribution in [3.05, 3.63) is 0 Å². The Morgan fingerprint density at radius 3 is 2.36 bits per heavy atom. The van der Waals surface area contributed by atoms with Gasteiger partial charge in [-0.1, -0.05) is 33.1 Å². The second-order valence-electron chi connectivity index (χ2n) is 4.99. The highest BCUT2D eigenvalue weighted by Gasteiger charge is 2.20. The van der Waals surface area contributed by atoms with Crippen LogP contribution in [0.4, 0.5) is 0 Å². The van der Waals surface area contributed by atoms with Gasteiger partial charge >= 0.3 is 0 Å². The first-order valence-corrected chi connectivity index (χ1v) is 7.19. The zero-order valence-electron chi connectivity index (χ0n) is 9.67. The van der Waals surface area contributed by atoms with Gasteiger partial charge in [-0.3, -0.25) is 0 Å². The third-order valence-electron chi connectivity index (χ3n) is 3.02. The normalized spacial score (nSPS) is 21.4. The lowest BCUT2D eigenvalue weighted by Crippen LogP contribution is -2.34. The smallest absolute Gasteiger partial charge is 0.0158 e. The first-order chi connectivity index (χ1) is 6.70. The molecule has 0 saturated heterocycles. The van der Waals surface area contributed by atoms with E-state index in [0.717, 1.165) is 11.8 Å². The van der Waals surface area contributed by atoms with Gasteiger partial charge in [-0.05, 0) is 30.4 Å². The van der Waals surface area contributed by atoms with E-state index in [-0.39, 0.29) is 0 Å². The van der Waals surface area contributed by atoms with E-state index >= 15 is 0 Å². The van der Waals surface area contributed by atoms with Gasteiger partial charge in [0.15, 0.2) is 0 Å². The van der Waals surface area contributed by atoms with E-state index in [9.17, 15) is 0 Å². The lowest BCUT2D eigenvalue weighted by Gasteiger charge is -2.27. The summed E-state index contributed by atoms with van der Waals surface area (Å²) in [6.45, 7) is 4.55. The lowest BCUT2D eigenvalue weighted by atomic mass is 9.85. The molecule has 1 rings (SSSR count). The Balaban J connectivity index is 2.10. The molecule has 1 nitrogen and oxygen atoms in total. The average molecular weight is 215 g/mol. The summed E-state index contributed by atoms with van der Waals surface area (Å²) >= 11 is 2.04. The van der Waals surface area contributed by atoms with E-state index in [1.165, 1.54) is 43.6 Å². The molecule has 1 aliphatic rings. The SMILES string of the molecule is CC(C)CSCC(N)C1CCCCC1. The van der Waals surface area contributed by atoms with Crippen LogP contribution in [0.15, 0.2) is 0 Å².